The molecule has 3 aromatic heterocycles. The number of pyridine rings is 1. The highest BCUT2D eigenvalue weighted by molar-refractivity contribution is 7.14. The summed E-state index contributed by atoms with van der Waals surface area (Å²) in [6, 6.07) is 11.8. The summed E-state index contributed by atoms with van der Waals surface area (Å²) in [7, 11) is 3.74. The highest BCUT2D eigenvalue weighted by Crippen LogP contribution is 2.26. The summed E-state index contributed by atoms with van der Waals surface area (Å²) in [5, 5.41) is 4.60. The predicted octanol–water partition coefficient (Wildman–Crippen LogP) is 3.83. The Kier molecular flexibility index (Phi) is 4.80. The van der Waals surface area contributed by atoms with Gasteiger partial charge in [0.25, 0.3) is 5.91 Å². The summed E-state index contributed by atoms with van der Waals surface area (Å²) < 4.78 is 2.09. The Labute approximate surface area is 184 Å². The van der Waals surface area contributed by atoms with Crippen LogP contribution in [0.1, 0.15) is 21.6 Å². The second-order valence-electron chi connectivity index (χ2n) is 7.60. The van der Waals surface area contributed by atoms with E-state index in [1.807, 2.05) is 60.9 Å². The normalized spacial score (nSPS) is 13.6. The van der Waals surface area contributed by atoms with E-state index in [-0.39, 0.29) is 5.91 Å². The number of hydrogen-bond acceptors (Lipinski definition) is 6. The standard InChI is InChI=1S/C23H22N6OS/c1-15-14-31-23(26-15)28(3)22(30)17-6-4-16(5-7-17)20-11-24-21-9-8-18(13-29(20)21)19-10-25-27(2)12-19/h4-9,11-14,25H,10H2,1-3H3. The number of carbonyl (C=O) groups excluding carboxylic acids is 1. The van der Waals surface area contributed by atoms with E-state index in [4.69, 9.17) is 0 Å². The molecule has 0 unspecified atom stereocenters. The minimum absolute atomic E-state index is 0.0777. The van der Waals surface area contributed by atoms with Crippen molar-refractivity contribution in [3.05, 3.63) is 77.2 Å². The SMILES string of the molecule is Cc1csc(N(C)C(=O)c2ccc(-c3cnc4ccc(C5=CN(C)NC5)cn34)cc2)n1. The van der Waals surface area contributed by atoms with E-state index in [2.05, 4.69) is 38.3 Å². The van der Waals surface area contributed by atoms with Gasteiger partial charge in [0.2, 0.25) is 0 Å². The Morgan fingerprint density at radius 3 is 2.61 bits per heavy atom. The van der Waals surface area contributed by atoms with Crippen LogP contribution < -0.4 is 10.3 Å². The first kappa shape index (κ1) is 19.5. The lowest BCUT2D eigenvalue weighted by atomic mass is 10.1. The third-order valence-corrected chi connectivity index (χ3v) is 6.41. The van der Waals surface area contributed by atoms with Gasteiger partial charge in [0, 0.05) is 49.5 Å². The molecule has 1 N–H and O–H groups in total. The third kappa shape index (κ3) is 3.60. The number of thiazole rings is 1. The number of imidazole rings is 1. The quantitative estimate of drug-likeness (QED) is 0.533. The summed E-state index contributed by atoms with van der Waals surface area (Å²) >= 11 is 1.47. The van der Waals surface area contributed by atoms with Crippen LogP contribution in [0, 0.1) is 6.92 Å². The van der Waals surface area contributed by atoms with Crippen LogP contribution in [-0.4, -0.2) is 45.9 Å². The molecule has 4 heterocycles. The number of rotatable bonds is 4. The predicted molar refractivity (Wildman–Crippen MR) is 124 cm³/mol. The fourth-order valence-corrected chi connectivity index (χ4v) is 4.42. The number of fused-ring (bicyclic) bond motifs is 1. The molecule has 0 aliphatic carbocycles. The number of anilines is 1. The molecule has 8 heteroatoms. The van der Waals surface area contributed by atoms with E-state index in [9.17, 15) is 4.79 Å². The van der Waals surface area contributed by atoms with Gasteiger partial charge in [-0.05, 0) is 42.3 Å². The molecule has 7 nitrogen and oxygen atoms in total. The fraction of sp³-hybridized carbons (Fsp3) is 0.174. The highest BCUT2D eigenvalue weighted by Gasteiger charge is 2.17. The van der Waals surface area contributed by atoms with Crippen LogP contribution in [0.2, 0.25) is 0 Å². The van der Waals surface area contributed by atoms with Gasteiger partial charge in [0.15, 0.2) is 5.13 Å². The molecule has 4 aromatic rings. The number of hydrogen-bond donors (Lipinski definition) is 1. The second-order valence-corrected chi connectivity index (χ2v) is 8.44. The van der Waals surface area contributed by atoms with Gasteiger partial charge in [-0.1, -0.05) is 12.1 Å². The number of nitrogens with zero attached hydrogens (tertiary/aromatic N) is 5. The minimum Gasteiger partial charge on any atom is -0.318 e. The molecule has 0 atom stereocenters. The average molecular weight is 431 g/mol. The Morgan fingerprint density at radius 2 is 1.94 bits per heavy atom. The van der Waals surface area contributed by atoms with Gasteiger partial charge >= 0.3 is 0 Å². The zero-order valence-corrected chi connectivity index (χ0v) is 18.3. The van der Waals surface area contributed by atoms with Crippen LogP contribution in [0.5, 0.6) is 0 Å². The topological polar surface area (TPSA) is 65.8 Å². The first-order valence-corrected chi connectivity index (χ1v) is 10.8. The molecule has 0 radical (unpaired) electrons. The molecule has 0 spiro atoms. The first-order valence-electron chi connectivity index (χ1n) is 9.95. The van der Waals surface area contributed by atoms with E-state index in [1.54, 1.807) is 11.9 Å². The number of amides is 1. The van der Waals surface area contributed by atoms with Crippen LogP contribution in [0.25, 0.3) is 22.5 Å². The summed E-state index contributed by atoms with van der Waals surface area (Å²) in [6.07, 6.45) is 6.08. The smallest absolute Gasteiger partial charge is 0.259 e. The van der Waals surface area contributed by atoms with Crippen LogP contribution in [0.4, 0.5) is 5.13 Å². The number of aromatic nitrogens is 3. The highest BCUT2D eigenvalue weighted by atomic mass is 32.1. The second kappa shape index (κ2) is 7.64. The van der Waals surface area contributed by atoms with Gasteiger partial charge < -0.3 is 5.01 Å². The van der Waals surface area contributed by atoms with E-state index >= 15 is 0 Å². The van der Waals surface area contributed by atoms with Crippen molar-refractivity contribution in [3.63, 3.8) is 0 Å². The molecule has 1 aliphatic rings. The average Bonchev–Trinajstić information content (AvgIpc) is 3.52. The van der Waals surface area contributed by atoms with E-state index in [0.29, 0.717) is 10.7 Å². The van der Waals surface area contributed by atoms with Gasteiger partial charge in [0.1, 0.15) is 5.65 Å². The molecular weight excluding hydrogens is 408 g/mol. The summed E-state index contributed by atoms with van der Waals surface area (Å²) in [4.78, 5) is 23.4. The Balaban J connectivity index is 1.44. The molecule has 0 bridgehead atoms. The largest absolute Gasteiger partial charge is 0.318 e. The maximum atomic E-state index is 12.8. The lowest BCUT2D eigenvalue weighted by Crippen LogP contribution is -2.26. The molecule has 31 heavy (non-hydrogen) atoms. The summed E-state index contributed by atoms with van der Waals surface area (Å²) in [5.74, 6) is -0.0777. The van der Waals surface area contributed by atoms with Crippen molar-refractivity contribution < 1.29 is 4.79 Å². The monoisotopic (exact) mass is 430 g/mol. The summed E-state index contributed by atoms with van der Waals surface area (Å²) in [5.41, 5.74) is 10.1. The van der Waals surface area contributed by atoms with Crippen molar-refractivity contribution in [2.45, 2.75) is 6.92 Å². The van der Waals surface area contributed by atoms with E-state index in [0.717, 1.165) is 34.7 Å². The molecule has 1 aromatic carbocycles. The summed E-state index contributed by atoms with van der Waals surface area (Å²) in [6.45, 7) is 2.72. The third-order valence-electron chi connectivity index (χ3n) is 5.37. The van der Waals surface area contributed by atoms with Crippen molar-refractivity contribution >= 4 is 33.6 Å². The first-order chi connectivity index (χ1) is 15.0. The molecule has 0 fully saturated rings. The number of benzene rings is 1. The number of hydrazine groups is 1. The molecule has 5 rings (SSSR count). The lowest BCUT2D eigenvalue weighted by Gasteiger charge is -2.14. The lowest BCUT2D eigenvalue weighted by molar-refractivity contribution is 0.0993. The van der Waals surface area contributed by atoms with Gasteiger partial charge in [0.05, 0.1) is 17.6 Å². The minimum atomic E-state index is -0.0777. The van der Waals surface area contributed by atoms with Gasteiger partial charge in [-0.15, -0.1) is 11.3 Å². The Bertz CT molecular complexity index is 1300. The maximum Gasteiger partial charge on any atom is 0.259 e. The van der Waals surface area contributed by atoms with E-state index < -0.39 is 0 Å². The van der Waals surface area contributed by atoms with Crippen LogP contribution in [0.3, 0.4) is 0 Å². The van der Waals surface area contributed by atoms with Crippen molar-refractivity contribution in [2.75, 3.05) is 25.5 Å². The van der Waals surface area contributed by atoms with Crippen molar-refractivity contribution in [1.82, 2.24) is 24.8 Å². The fourth-order valence-electron chi connectivity index (χ4n) is 3.66. The van der Waals surface area contributed by atoms with Gasteiger partial charge in [-0.3, -0.25) is 14.1 Å². The van der Waals surface area contributed by atoms with Crippen molar-refractivity contribution in [1.29, 1.82) is 0 Å². The molecule has 0 saturated heterocycles. The van der Waals surface area contributed by atoms with Crippen molar-refractivity contribution in [2.24, 2.45) is 0 Å². The van der Waals surface area contributed by atoms with Crippen LogP contribution >= 0.6 is 11.3 Å². The molecule has 1 aliphatic heterocycles. The van der Waals surface area contributed by atoms with Crippen molar-refractivity contribution in [3.8, 4) is 11.3 Å². The van der Waals surface area contributed by atoms with Crippen LogP contribution in [0.15, 0.2) is 60.4 Å². The number of carbonyl (C=O) groups is 1. The van der Waals surface area contributed by atoms with Crippen LogP contribution in [-0.2, 0) is 0 Å². The Morgan fingerprint density at radius 1 is 1.16 bits per heavy atom. The maximum absolute atomic E-state index is 12.8. The Hall–Kier alpha value is -3.49. The molecular formula is C23H22N6OS. The molecule has 0 saturated carbocycles. The molecule has 156 valence electrons. The zero-order valence-electron chi connectivity index (χ0n) is 17.5. The number of aryl methyl sites for hydroxylation is 1. The van der Waals surface area contributed by atoms with Gasteiger partial charge in [-0.25, -0.2) is 15.4 Å². The zero-order chi connectivity index (χ0) is 21.5. The van der Waals surface area contributed by atoms with Gasteiger partial charge in [-0.2, -0.15) is 0 Å². The van der Waals surface area contributed by atoms with E-state index in [1.165, 1.54) is 16.9 Å². The molecule has 1 amide bonds. The number of nitrogens with one attached hydrogen (secondary N) is 1.